The number of piperidine rings is 2. The van der Waals surface area contributed by atoms with Gasteiger partial charge in [-0.15, -0.1) is 0 Å². The maximum absolute atomic E-state index is 12.8. The van der Waals surface area contributed by atoms with Gasteiger partial charge in [-0.3, -0.25) is 19.8 Å². The molecule has 6 heterocycles. The van der Waals surface area contributed by atoms with Crippen LogP contribution in [0.5, 0.6) is 23.0 Å². The molecule has 18 heteroatoms. The monoisotopic (exact) mass is 858 g/mol. The fourth-order valence-corrected chi connectivity index (χ4v) is 7.33. The van der Waals surface area contributed by atoms with E-state index in [2.05, 4.69) is 59.1 Å². The number of likely N-dealkylation sites (tertiary alicyclic amines) is 1. The van der Waals surface area contributed by atoms with E-state index in [0.717, 1.165) is 73.7 Å². The Morgan fingerprint density at radius 3 is 1.52 bits per heavy atom. The number of rotatable bonds is 10. The first-order valence-electron chi connectivity index (χ1n) is 21.2. The van der Waals surface area contributed by atoms with Gasteiger partial charge in [-0.1, -0.05) is 0 Å². The second kappa shape index (κ2) is 21.1. The molecule has 0 saturated carbocycles. The lowest BCUT2D eigenvalue weighted by molar-refractivity contribution is 0.215. The van der Waals surface area contributed by atoms with E-state index in [1.807, 2.05) is 62.4 Å². The summed E-state index contributed by atoms with van der Waals surface area (Å²) in [5.74, 6) is 3.13. The Morgan fingerprint density at radius 2 is 1.06 bits per heavy atom. The van der Waals surface area contributed by atoms with E-state index in [0.29, 0.717) is 47.7 Å². The quantitative estimate of drug-likeness (QED) is 0.0758. The third-order valence-corrected chi connectivity index (χ3v) is 10.6. The molecule has 0 radical (unpaired) electrons. The van der Waals surface area contributed by atoms with Gasteiger partial charge in [0.2, 0.25) is 0 Å². The number of hydrogen-bond acceptors (Lipinski definition) is 10. The Kier molecular flexibility index (Phi) is 14.7. The molecular formula is C45H54N12O6. The predicted molar refractivity (Wildman–Crippen MR) is 242 cm³/mol. The topological polar surface area (TPSA) is 210 Å². The summed E-state index contributed by atoms with van der Waals surface area (Å²) in [6, 6.07) is 21.2. The minimum atomic E-state index is -0.322. The van der Waals surface area contributed by atoms with Gasteiger partial charge in [-0.2, -0.15) is 0 Å². The van der Waals surface area contributed by atoms with Gasteiger partial charge in [0.15, 0.2) is 0 Å². The highest BCUT2D eigenvalue weighted by Gasteiger charge is 2.21. The van der Waals surface area contributed by atoms with E-state index < -0.39 is 0 Å². The number of carbonyl (C=O) groups is 4. The molecule has 6 amide bonds. The second-order valence-electron chi connectivity index (χ2n) is 15.2. The predicted octanol–water partition coefficient (Wildman–Crippen LogP) is 6.90. The molecule has 63 heavy (non-hydrogen) atoms. The molecule has 0 spiro atoms. The van der Waals surface area contributed by atoms with Gasteiger partial charge in [0.1, 0.15) is 34.6 Å². The van der Waals surface area contributed by atoms with Crippen LogP contribution in [0, 0.1) is 0 Å². The molecule has 8 rings (SSSR count). The van der Waals surface area contributed by atoms with Crippen molar-refractivity contribution in [3.05, 3.63) is 97.6 Å². The molecule has 0 aliphatic carbocycles. The number of benzene rings is 2. The number of nitrogens with zero attached hydrogens (tertiary/aromatic N) is 5. The number of aromatic nitrogens is 4. The van der Waals surface area contributed by atoms with E-state index in [9.17, 15) is 19.2 Å². The molecule has 2 aromatic carbocycles. The zero-order valence-electron chi connectivity index (χ0n) is 35.6. The summed E-state index contributed by atoms with van der Waals surface area (Å²) < 4.78 is 15.1. The number of nitrogens with one attached hydrogen (secondary N) is 7. The van der Waals surface area contributed by atoms with Crippen LogP contribution in [-0.2, 0) is 0 Å². The van der Waals surface area contributed by atoms with Crippen molar-refractivity contribution in [1.82, 2.24) is 50.6 Å². The third-order valence-electron chi connectivity index (χ3n) is 10.6. The number of anilines is 2. The molecule has 7 N–H and O–H groups in total. The summed E-state index contributed by atoms with van der Waals surface area (Å²) >= 11 is 0. The summed E-state index contributed by atoms with van der Waals surface area (Å²) in [7, 11) is 2.10. The zero-order valence-corrected chi connectivity index (χ0v) is 35.6. The van der Waals surface area contributed by atoms with Gasteiger partial charge < -0.3 is 41.0 Å². The van der Waals surface area contributed by atoms with Crippen molar-refractivity contribution in [2.24, 2.45) is 0 Å². The van der Waals surface area contributed by atoms with Crippen molar-refractivity contribution >= 4 is 57.6 Å². The van der Waals surface area contributed by atoms with Crippen LogP contribution >= 0.6 is 0 Å². The Bertz CT molecular complexity index is 2530. The average Bonchev–Trinajstić information content (AvgIpc) is 3.90. The largest absolute Gasteiger partial charge is 0.457 e. The highest BCUT2D eigenvalue weighted by molar-refractivity contribution is 5.93. The second-order valence-corrected chi connectivity index (χ2v) is 15.2. The highest BCUT2D eigenvalue weighted by Crippen LogP contribution is 2.29. The summed E-state index contributed by atoms with van der Waals surface area (Å²) in [5.41, 5.74) is 1.63. The van der Waals surface area contributed by atoms with Crippen LogP contribution in [0.4, 0.5) is 30.8 Å². The van der Waals surface area contributed by atoms with Crippen LogP contribution in [0.15, 0.2) is 97.6 Å². The first-order chi connectivity index (χ1) is 30.6. The van der Waals surface area contributed by atoms with Crippen molar-refractivity contribution in [2.45, 2.75) is 51.6 Å². The number of hydrogen-bond donors (Lipinski definition) is 7. The molecule has 6 aromatic rings. The molecule has 0 bridgehead atoms. The molecule has 0 atom stereocenters. The number of fused-ring (bicyclic) bond motifs is 2. The van der Waals surface area contributed by atoms with E-state index in [4.69, 9.17) is 9.47 Å². The summed E-state index contributed by atoms with van der Waals surface area (Å²) in [6.45, 7) is 8.57. The van der Waals surface area contributed by atoms with Crippen LogP contribution < -0.4 is 46.7 Å². The molecule has 2 aliphatic rings. The molecular weight excluding hydrogens is 805 g/mol. The normalized spacial score (nSPS) is 14.5. The molecule has 2 fully saturated rings. The van der Waals surface area contributed by atoms with Crippen molar-refractivity contribution < 1.29 is 28.7 Å². The lowest BCUT2D eigenvalue weighted by Gasteiger charge is -2.29. The van der Waals surface area contributed by atoms with Crippen LogP contribution in [-0.4, -0.2) is 107 Å². The maximum Gasteiger partial charge on any atom is 0.326 e. The van der Waals surface area contributed by atoms with Gasteiger partial charge in [0.05, 0.1) is 11.0 Å². The standard InChI is InChI=1S/C23H28N6O3.C22H26N6O3/c1-3-24-22(30)27-21-15-19(6-10-25-21)32-18-4-5-20-16(14-18)7-13-29(20)23(31)26-17-8-11-28(2)12-9-17;1-2-24-21(29)27-20-14-18(7-11-25-20)31-17-3-4-19-15(13-17)8-12-28(19)22(30)26-16-5-9-23-10-6-16/h4-7,10,13-15,17H,3,8-9,11-12H2,1-2H3,(H,26,31)(H2,24,25,27,30);3-4,7-8,11-14,16,23H,2,5-6,9-10H2,1H3,(H,26,30)(H2,24,25,27,29). The van der Waals surface area contributed by atoms with Crippen molar-refractivity contribution in [2.75, 3.05) is 56.9 Å². The van der Waals surface area contributed by atoms with Gasteiger partial charge in [0, 0.05) is 72.9 Å². The number of ether oxygens (including phenoxy) is 2. The van der Waals surface area contributed by atoms with Gasteiger partial charge >= 0.3 is 24.1 Å². The Morgan fingerprint density at radius 1 is 0.619 bits per heavy atom. The van der Waals surface area contributed by atoms with Crippen molar-refractivity contribution in [1.29, 1.82) is 0 Å². The minimum Gasteiger partial charge on any atom is -0.457 e. The highest BCUT2D eigenvalue weighted by atomic mass is 16.5. The number of urea groups is 2. The molecule has 18 nitrogen and oxygen atoms in total. The summed E-state index contributed by atoms with van der Waals surface area (Å²) in [5, 5.41) is 22.0. The SMILES string of the molecule is CCNC(=O)Nc1cc(Oc2ccc3c(ccn3C(=O)NC3CCN(C)CC3)c2)ccn1.CCNC(=O)Nc1cc(Oc2ccc3c(ccn3C(=O)NC3CCNCC3)c2)ccn1. The molecule has 0 unspecified atom stereocenters. The van der Waals surface area contributed by atoms with Crippen LogP contribution in [0.25, 0.3) is 21.8 Å². The third kappa shape index (κ3) is 12.0. The van der Waals surface area contributed by atoms with E-state index >= 15 is 0 Å². The van der Waals surface area contributed by atoms with Gasteiger partial charge in [-0.25, -0.2) is 29.1 Å². The fourth-order valence-electron chi connectivity index (χ4n) is 7.33. The van der Waals surface area contributed by atoms with Crippen molar-refractivity contribution in [3.8, 4) is 23.0 Å². The maximum atomic E-state index is 12.8. The number of pyridine rings is 2. The van der Waals surface area contributed by atoms with Crippen LogP contribution in [0.2, 0.25) is 0 Å². The number of amides is 6. The van der Waals surface area contributed by atoms with Crippen LogP contribution in [0.1, 0.15) is 39.5 Å². The Hall–Kier alpha value is -7.18. The minimum absolute atomic E-state index is 0.113. The lowest BCUT2D eigenvalue weighted by atomic mass is 10.1. The zero-order chi connectivity index (χ0) is 44.1. The summed E-state index contributed by atoms with van der Waals surface area (Å²) in [4.78, 5) is 59.3. The smallest absolute Gasteiger partial charge is 0.326 e. The Balaban J connectivity index is 0.000000189. The van der Waals surface area contributed by atoms with Gasteiger partial charge in [0.25, 0.3) is 0 Å². The molecule has 4 aromatic heterocycles. The first kappa shape index (κ1) is 43.9. The fraction of sp³-hybridized carbons (Fsp3) is 0.333. The molecule has 330 valence electrons. The molecule has 2 saturated heterocycles. The van der Waals surface area contributed by atoms with E-state index in [1.54, 1.807) is 58.2 Å². The first-order valence-corrected chi connectivity index (χ1v) is 21.2. The van der Waals surface area contributed by atoms with E-state index in [-0.39, 0.29) is 36.2 Å². The van der Waals surface area contributed by atoms with E-state index in [1.165, 1.54) is 0 Å². The molecule has 2 aliphatic heterocycles. The average molecular weight is 859 g/mol. The summed E-state index contributed by atoms with van der Waals surface area (Å²) in [6.07, 6.45) is 10.5. The van der Waals surface area contributed by atoms with Crippen LogP contribution in [0.3, 0.4) is 0 Å². The Labute approximate surface area is 365 Å². The van der Waals surface area contributed by atoms with Crippen molar-refractivity contribution in [3.63, 3.8) is 0 Å². The number of carbonyl (C=O) groups excluding carboxylic acids is 4. The van der Waals surface area contributed by atoms with Gasteiger partial charge in [-0.05, 0) is 133 Å². The lowest BCUT2D eigenvalue weighted by Crippen LogP contribution is -2.44.